The summed E-state index contributed by atoms with van der Waals surface area (Å²) in [4.78, 5) is 4.85. The summed E-state index contributed by atoms with van der Waals surface area (Å²) in [6.45, 7) is 2.04. The molecule has 36 heavy (non-hydrogen) atoms. The lowest BCUT2D eigenvalue weighted by atomic mass is 9.89. The summed E-state index contributed by atoms with van der Waals surface area (Å²) in [6, 6.07) is 31.1. The molecule has 7 aromatic rings. The molecule has 170 valence electrons. The third-order valence-electron chi connectivity index (χ3n) is 6.82. The van der Waals surface area contributed by atoms with Gasteiger partial charge in [0.15, 0.2) is 0 Å². The van der Waals surface area contributed by atoms with Gasteiger partial charge in [-0.2, -0.15) is 0 Å². The number of benzene rings is 6. The number of hydrogen-bond donors (Lipinski definition) is 0. The minimum absolute atomic E-state index is 0.202. The Labute approximate surface area is 217 Å². The van der Waals surface area contributed by atoms with Crippen LogP contribution in [0.4, 0.5) is 0 Å². The van der Waals surface area contributed by atoms with E-state index in [1.165, 1.54) is 0 Å². The molecule has 0 amide bonds. The monoisotopic (exact) mass is 465 g/mol. The smallest absolute Gasteiger partial charge is 0.111 e. The van der Waals surface area contributed by atoms with Crippen LogP contribution < -0.4 is 0 Å². The molecular formula is C34H24N2. The highest BCUT2D eigenvalue weighted by molar-refractivity contribution is 6.18. The molecule has 0 saturated heterocycles. The molecular weight excluding hydrogens is 436 g/mol. The number of nitrogens with zero attached hydrogens (tertiary/aromatic N) is 2. The fraction of sp³-hybridized carbons (Fsp3) is 0.0294. The van der Waals surface area contributed by atoms with Crippen molar-refractivity contribution in [3.63, 3.8) is 0 Å². The summed E-state index contributed by atoms with van der Waals surface area (Å²) in [7, 11) is 0. The van der Waals surface area contributed by atoms with Gasteiger partial charge in [0.05, 0.1) is 23.6 Å². The Bertz CT molecular complexity index is 2080. The molecule has 2 heteroatoms. The molecule has 0 unspecified atom stereocenters. The highest BCUT2D eigenvalue weighted by atomic mass is 15.1. The van der Waals surface area contributed by atoms with Crippen molar-refractivity contribution < 1.29 is 6.85 Å². The van der Waals surface area contributed by atoms with Gasteiger partial charge < -0.3 is 0 Å². The number of hydrogen-bond acceptors (Lipinski definition) is 1. The molecule has 2 nitrogen and oxygen atoms in total. The molecule has 0 aliphatic rings. The van der Waals surface area contributed by atoms with E-state index in [2.05, 4.69) is 47.0 Å². The maximum absolute atomic E-state index is 8.39. The molecule has 0 saturated carbocycles. The van der Waals surface area contributed by atoms with Gasteiger partial charge in [-0.05, 0) is 52.1 Å². The lowest BCUT2D eigenvalue weighted by molar-refractivity contribution is 1.02. The van der Waals surface area contributed by atoms with Crippen molar-refractivity contribution >= 4 is 32.6 Å². The molecule has 0 N–H and O–H groups in total. The first-order valence-electron chi connectivity index (χ1n) is 14.4. The van der Waals surface area contributed by atoms with Crippen LogP contribution in [0.1, 0.15) is 12.7 Å². The maximum atomic E-state index is 8.39. The average molecular weight is 466 g/mol. The number of aromatic nitrogens is 2. The van der Waals surface area contributed by atoms with Gasteiger partial charge in [0.25, 0.3) is 0 Å². The molecule has 0 fully saturated rings. The Morgan fingerprint density at radius 1 is 0.583 bits per heavy atom. The van der Waals surface area contributed by atoms with Crippen molar-refractivity contribution in [1.82, 2.24) is 9.55 Å². The van der Waals surface area contributed by atoms with Crippen molar-refractivity contribution in [3.8, 4) is 27.9 Å². The van der Waals surface area contributed by atoms with Crippen LogP contribution in [-0.4, -0.2) is 9.55 Å². The van der Waals surface area contributed by atoms with Crippen LogP contribution in [0.15, 0.2) is 127 Å². The van der Waals surface area contributed by atoms with Gasteiger partial charge in [-0.3, -0.25) is 4.57 Å². The molecule has 6 aromatic carbocycles. The van der Waals surface area contributed by atoms with Crippen LogP contribution in [0.5, 0.6) is 0 Å². The van der Waals surface area contributed by atoms with E-state index in [-0.39, 0.29) is 35.8 Å². The zero-order valence-electron chi connectivity index (χ0n) is 24.6. The quantitative estimate of drug-likeness (QED) is 0.238. The molecule has 1 heterocycles. The highest BCUT2D eigenvalue weighted by Gasteiger charge is 2.19. The van der Waals surface area contributed by atoms with Gasteiger partial charge in [0.2, 0.25) is 0 Å². The summed E-state index contributed by atoms with van der Waals surface area (Å²) >= 11 is 0. The van der Waals surface area contributed by atoms with Gasteiger partial charge in [-0.1, -0.05) is 115 Å². The highest BCUT2D eigenvalue weighted by Crippen LogP contribution is 2.42. The number of fused-ring (bicyclic) bond motifs is 3. The largest absolute Gasteiger partial charge is 0.295 e. The lowest BCUT2D eigenvalue weighted by Crippen LogP contribution is -2.01. The van der Waals surface area contributed by atoms with E-state index in [1.807, 2.05) is 61.5 Å². The van der Waals surface area contributed by atoms with Crippen LogP contribution >= 0.6 is 0 Å². The van der Waals surface area contributed by atoms with Gasteiger partial charge in [0.1, 0.15) is 5.82 Å². The van der Waals surface area contributed by atoms with E-state index in [0.717, 1.165) is 55.2 Å². The summed E-state index contributed by atoms with van der Waals surface area (Å²) in [6.07, 6.45) is 0. The second-order valence-corrected chi connectivity index (χ2v) is 8.88. The van der Waals surface area contributed by atoms with Crippen LogP contribution in [-0.2, 0) is 0 Å². The summed E-state index contributed by atoms with van der Waals surface area (Å²) in [5.41, 5.74) is 5.93. The van der Waals surface area contributed by atoms with Crippen molar-refractivity contribution in [3.05, 3.63) is 133 Å². The minimum atomic E-state index is -0.390. The first-order valence-corrected chi connectivity index (χ1v) is 11.9. The molecule has 0 radical (unpaired) electrons. The number of aryl methyl sites for hydroxylation is 1. The summed E-state index contributed by atoms with van der Waals surface area (Å²) in [5, 5.41) is 4.38. The lowest BCUT2D eigenvalue weighted by Gasteiger charge is -2.19. The van der Waals surface area contributed by atoms with Crippen molar-refractivity contribution in [2.24, 2.45) is 0 Å². The van der Waals surface area contributed by atoms with Crippen LogP contribution in [0, 0.1) is 6.92 Å². The number of rotatable bonds is 3. The molecule has 0 spiro atoms. The van der Waals surface area contributed by atoms with Gasteiger partial charge in [0, 0.05) is 10.8 Å². The zero-order valence-corrected chi connectivity index (χ0v) is 19.6. The average Bonchev–Trinajstić information content (AvgIpc) is 3.33. The van der Waals surface area contributed by atoms with E-state index in [4.69, 9.17) is 11.8 Å². The van der Waals surface area contributed by atoms with E-state index in [1.54, 1.807) is 0 Å². The Balaban J connectivity index is 1.50. The maximum Gasteiger partial charge on any atom is 0.111 e. The normalized spacial score (nSPS) is 13.4. The number of para-hydroxylation sites is 2. The fourth-order valence-corrected chi connectivity index (χ4v) is 5.28. The summed E-state index contributed by atoms with van der Waals surface area (Å²) in [5.74, 6) is 0.914. The first kappa shape index (κ1) is 16.1. The van der Waals surface area contributed by atoms with Crippen LogP contribution in [0.25, 0.3) is 60.5 Å². The minimum Gasteiger partial charge on any atom is -0.295 e. The van der Waals surface area contributed by atoms with E-state index in [0.29, 0.717) is 5.56 Å². The van der Waals surface area contributed by atoms with Crippen molar-refractivity contribution in [2.75, 3.05) is 0 Å². The molecule has 0 atom stereocenters. The third-order valence-corrected chi connectivity index (χ3v) is 6.82. The Morgan fingerprint density at radius 2 is 1.14 bits per heavy atom. The van der Waals surface area contributed by atoms with Gasteiger partial charge in [-0.15, -0.1) is 0 Å². The Kier molecular flexibility index (Phi) is 3.67. The number of imidazole rings is 1. The topological polar surface area (TPSA) is 17.8 Å². The predicted molar refractivity (Wildman–Crippen MR) is 152 cm³/mol. The second kappa shape index (κ2) is 8.21. The fourth-order valence-electron chi connectivity index (χ4n) is 5.28. The van der Waals surface area contributed by atoms with E-state index >= 15 is 0 Å². The Hall–Kier alpha value is -4.69. The standard InChI is InChI=1S/C34H24N2/c1-23-35-31-17-9-10-18-32(31)36(23)34-29-15-7-5-13-27(29)33(28-14-6-8-16-30(28)34)26-21-19-25(20-22-26)24-11-3-2-4-12-24/h2-22H,1H3/i2D,3D,4D,11D,12D. The molecule has 1 aromatic heterocycles. The van der Waals surface area contributed by atoms with E-state index < -0.39 is 0 Å². The SMILES string of the molecule is [2H]c1c([2H])c([2H])c(-c2ccc(-c3c4ccccc4c(-n4c(C)nc5ccccc54)c4ccccc34)cc2)c([2H])c1[2H]. The Morgan fingerprint density at radius 3 is 1.81 bits per heavy atom. The second-order valence-electron chi connectivity index (χ2n) is 8.88. The molecule has 0 aliphatic carbocycles. The van der Waals surface area contributed by atoms with Crippen molar-refractivity contribution in [1.29, 1.82) is 0 Å². The van der Waals surface area contributed by atoms with Gasteiger partial charge in [-0.25, -0.2) is 4.98 Å². The summed E-state index contributed by atoms with van der Waals surface area (Å²) < 4.78 is 43.1. The van der Waals surface area contributed by atoms with Crippen molar-refractivity contribution in [2.45, 2.75) is 6.92 Å². The zero-order chi connectivity index (χ0) is 28.4. The van der Waals surface area contributed by atoms with Gasteiger partial charge >= 0.3 is 0 Å². The third kappa shape index (κ3) is 3.15. The molecule has 7 rings (SSSR count). The van der Waals surface area contributed by atoms with Crippen LogP contribution in [0.2, 0.25) is 0 Å². The molecule has 0 aliphatic heterocycles. The first-order chi connectivity index (χ1) is 19.9. The molecule has 0 bridgehead atoms. The predicted octanol–water partition coefficient (Wildman–Crippen LogP) is 8.97. The van der Waals surface area contributed by atoms with E-state index in [9.17, 15) is 0 Å². The van der Waals surface area contributed by atoms with Crippen LogP contribution in [0.3, 0.4) is 0 Å².